The van der Waals surface area contributed by atoms with Gasteiger partial charge in [-0.25, -0.2) is 5.01 Å². The molecule has 0 saturated carbocycles. The number of nitrogens with one attached hydrogen (secondary N) is 1. The third-order valence-corrected chi connectivity index (χ3v) is 5.36. The summed E-state index contributed by atoms with van der Waals surface area (Å²) in [5.41, 5.74) is 2.28. The number of fused-ring (bicyclic) bond motifs is 1. The van der Waals surface area contributed by atoms with E-state index in [9.17, 15) is 9.59 Å². The highest BCUT2D eigenvalue weighted by Gasteiger charge is 2.40. The number of hydrogen-bond acceptors (Lipinski definition) is 5. The second-order valence-corrected chi connectivity index (χ2v) is 7.75. The molecule has 1 N–H and O–H groups in total. The van der Waals surface area contributed by atoms with Crippen LogP contribution in [0.15, 0.2) is 35.5 Å². The first kappa shape index (κ1) is 22.1. The summed E-state index contributed by atoms with van der Waals surface area (Å²) >= 11 is 0. The lowest BCUT2D eigenvalue weighted by Crippen LogP contribution is -2.47. The number of carbonyl (C=O) groups excluding carboxylic acids is 2. The number of carbonyl (C=O) groups is 2. The normalized spacial score (nSPS) is 19.6. The van der Waals surface area contributed by atoms with E-state index < -0.39 is 5.91 Å². The van der Waals surface area contributed by atoms with Crippen LogP contribution in [0, 0.1) is 35.0 Å². The molecule has 0 saturated heterocycles. The van der Waals surface area contributed by atoms with Crippen LogP contribution in [0.3, 0.4) is 0 Å². The van der Waals surface area contributed by atoms with Gasteiger partial charge in [0.15, 0.2) is 0 Å². The van der Waals surface area contributed by atoms with Crippen LogP contribution in [0.5, 0.6) is 5.75 Å². The minimum absolute atomic E-state index is 0.0102. The van der Waals surface area contributed by atoms with Crippen LogP contribution in [-0.2, 0) is 9.59 Å². The Balaban J connectivity index is 1.97. The van der Waals surface area contributed by atoms with Crippen LogP contribution >= 0.6 is 0 Å². The summed E-state index contributed by atoms with van der Waals surface area (Å²) in [6.45, 7) is 4.16. The van der Waals surface area contributed by atoms with Gasteiger partial charge in [-0.1, -0.05) is 18.1 Å². The van der Waals surface area contributed by atoms with Gasteiger partial charge in [-0.2, -0.15) is 10.4 Å². The first-order chi connectivity index (χ1) is 15.0. The first-order valence-corrected chi connectivity index (χ1v) is 10.4. The molecule has 0 fully saturated rings. The molecule has 7 heteroatoms. The summed E-state index contributed by atoms with van der Waals surface area (Å²) in [6.07, 6.45) is 5.86. The number of nitrogens with zero attached hydrogens (tertiary/aromatic N) is 3. The van der Waals surface area contributed by atoms with Gasteiger partial charge in [-0.05, 0) is 50.5 Å². The second-order valence-electron chi connectivity index (χ2n) is 7.75. The molecule has 1 aromatic carbocycles. The van der Waals surface area contributed by atoms with Crippen molar-refractivity contribution in [2.75, 3.05) is 13.7 Å². The Morgan fingerprint density at radius 2 is 2.06 bits per heavy atom. The lowest BCUT2D eigenvalue weighted by molar-refractivity contribution is -0.139. The Hall–Kier alpha value is -3.58. The molecule has 0 bridgehead atoms. The molecule has 160 valence electrons. The van der Waals surface area contributed by atoms with Crippen molar-refractivity contribution in [1.29, 1.82) is 5.26 Å². The zero-order valence-electron chi connectivity index (χ0n) is 18.0. The number of methoxy groups -OCH3 is 1. The lowest BCUT2D eigenvalue weighted by Gasteiger charge is -2.38. The van der Waals surface area contributed by atoms with E-state index in [1.54, 1.807) is 18.2 Å². The molecule has 1 heterocycles. The van der Waals surface area contributed by atoms with Gasteiger partial charge in [0, 0.05) is 24.4 Å². The zero-order chi connectivity index (χ0) is 22.4. The molecule has 1 aromatic rings. The maximum absolute atomic E-state index is 12.9. The molecule has 2 amide bonds. The molecule has 3 rings (SSSR count). The van der Waals surface area contributed by atoms with Crippen molar-refractivity contribution in [3.05, 3.63) is 41.5 Å². The van der Waals surface area contributed by atoms with E-state index >= 15 is 0 Å². The topological polar surface area (TPSA) is 94.8 Å². The van der Waals surface area contributed by atoms with Crippen molar-refractivity contribution in [2.45, 2.75) is 39.2 Å². The van der Waals surface area contributed by atoms with Gasteiger partial charge in [-0.3, -0.25) is 9.59 Å². The molecule has 0 unspecified atom stereocenters. The largest absolute Gasteiger partial charge is 0.495 e. The standard InChI is InChI=1S/C24H26N4O3/c1-16(2)28-24(30)20-8-5-4-7-19(20)23(27-28)18-9-11-21(31-3)17(15-18)10-12-22(29)26-14-6-13-25/h4-5,9,11,15-16,19-20H,6-8,14H2,1-3H3,(H,26,29)/t19-,20+/m0/s1. The summed E-state index contributed by atoms with van der Waals surface area (Å²) in [6, 6.07) is 7.51. The minimum Gasteiger partial charge on any atom is -0.495 e. The third kappa shape index (κ3) is 4.95. The van der Waals surface area contributed by atoms with Gasteiger partial charge in [0.2, 0.25) is 5.91 Å². The van der Waals surface area contributed by atoms with Crippen molar-refractivity contribution in [1.82, 2.24) is 10.3 Å². The van der Waals surface area contributed by atoms with E-state index in [-0.39, 0.29) is 36.8 Å². The summed E-state index contributed by atoms with van der Waals surface area (Å²) in [4.78, 5) is 24.8. The Kier molecular flexibility index (Phi) is 7.10. The van der Waals surface area contributed by atoms with E-state index in [2.05, 4.69) is 29.3 Å². The lowest BCUT2D eigenvalue weighted by atomic mass is 9.76. The molecule has 0 radical (unpaired) electrons. The van der Waals surface area contributed by atoms with E-state index in [4.69, 9.17) is 15.1 Å². The SMILES string of the molecule is COc1ccc(C2=NN(C(C)C)C(=O)[C@@H]3CC=CC[C@H]23)cc1C#CC(=O)NCCC#N. The third-order valence-electron chi connectivity index (χ3n) is 5.36. The van der Waals surface area contributed by atoms with E-state index in [0.29, 0.717) is 17.7 Å². The second kappa shape index (κ2) is 9.95. The smallest absolute Gasteiger partial charge is 0.296 e. The van der Waals surface area contributed by atoms with Crippen LogP contribution < -0.4 is 10.1 Å². The first-order valence-electron chi connectivity index (χ1n) is 10.4. The van der Waals surface area contributed by atoms with E-state index in [0.717, 1.165) is 17.7 Å². The molecular weight excluding hydrogens is 392 g/mol. The summed E-state index contributed by atoms with van der Waals surface area (Å²) in [5, 5.41) is 17.4. The number of ether oxygens (including phenoxy) is 1. The van der Waals surface area contributed by atoms with Gasteiger partial charge >= 0.3 is 0 Å². The number of rotatable bonds is 5. The van der Waals surface area contributed by atoms with Crippen molar-refractivity contribution in [2.24, 2.45) is 16.9 Å². The highest BCUT2D eigenvalue weighted by Crippen LogP contribution is 2.36. The number of amides is 2. The van der Waals surface area contributed by atoms with E-state index in [1.165, 1.54) is 0 Å². The van der Waals surface area contributed by atoms with Gasteiger partial charge < -0.3 is 10.1 Å². The van der Waals surface area contributed by atoms with Gasteiger partial charge in [-0.15, -0.1) is 0 Å². The molecule has 1 aliphatic heterocycles. The quantitative estimate of drug-likeness (QED) is 0.452. The molecule has 7 nitrogen and oxygen atoms in total. The fourth-order valence-corrected chi connectivity index (χ4v) is 3.81. The average Bonchev–Trinajstić information content (AvgIpc) is 2.78. The maximum Gasteiger partial charge on any atom is 0.296 e. The number of hydrazone groups is 1. The van der Waals surface area contributed by atoms with Crippen LogP contribution in [0.2, 0.25) is 0 Å². The molecular formula is C24H26N4O3. The Bertz CT molecular complexity index is 1020. The Morgan fingerprint density at radius 1 is 1.32 bits per heavy atom. The van der Waals surface area contributed by atoms with Gasteiger partial charge in [0.1, 0.15) is 5.75 Å². The highest BCUT2D eigenvalue weighted by molar-refractivity contribution is 6.07. The van der Waals surface area contributed by atoms with Crippen LogP contribution in [0.1, 0.15) is 44.2 Å². The number of allylic oxidation sites excluding steroid dienone is 2. The van der Waals surface area contributed by atoms with Crippen molar-refractivity contribution >= 4 is 17.5 Å². The highest BCUT2D eigenvalue weighted by atomic mass is 16.5. The predicted octanol–water partition coefficient (Wildman–Crippen LogP) is 2.61. The monoisotopic (exact) mass is 418 g/mol. The zero-order valence-corrected chi connectivity index (χ0v) is 18.0. The predicted molar refractivity (Wildman–Crippen MR) is 117 cm³/mol. The number of benzene rings is 1. The number of hydrogen-bond donors (Lipinski definition) is 1. The van der Waals surface area contributed by atoms with Gasteiger partial charge in [0.25, 0.3) is 5.91 Å². The molecule has 31 heavy (non-hydrogen) atoms. The fourth-order valence-electron chi connectivity index (χ4n) is 3.81. The summed E-state index contributed by atoms with van der Waals surface area (Å²) in [5.74, 6) is 5.46. The maximum atomic E-state index is 12.9. The van der Waals surface area contributed by atoms with Crippen LogP contribution in [0.25, 0.3) is 0 Å². The summed E-state index contributed by atoms with van der Waals surface area (Å²) < 4.78 is 5.41. The molecule has 1 aliphatic carbocycles. The molecule has 0 aromatic heterocycles. The molecule has 2 atom stereocenters. The van der Waals surface area contributed by atoms with Crippen molar-refractivity contribution in [3.63, 3.8) is 0 Å². The van der Waals surface area contributed by atoms with Crippen LogP contribution in [-0.4, -0.2) is 42.2 Å². The Morgan fingerprint density at radius 3 is 2.74 bits per heavy atom. The van der Waals surface area contributed by atoms with Crippen molar-refractivity contribution in [3.8, 4) is 23.7 Å². The van der Waals surface area contributed by atoms with Crippen LogP contribution in [0.4, 0.5) is 0 Å². The number of nitriles is 1. The fraction of sp³-hybridized carbons (Fsp3) is 0.417. The minimum atomic E-state index is -0.452. The van der Waals surface area contributed by atoms with Gasteiger partial charge in [0.05, 0.1) is 36.8 Å². The molecule has 0 spiro atoms. The molecule has 2 aliphatic rings. The summed E-state index contributed by atoms with van der Waals surface area (Å²) in [7, 11) is 1.55. The Labute approximate surface area is 182 Å². The van der Waals surface area contributed by atoms with Crippen molar-refractivity contribution < 1.29 is 14.3 Å². The average molecular weight is 418 g/mol. The van der Waals surface area contributed by atoms with E-state index in [1.807, 2.05) is 32.0 Å².